The van der Waals surface area contributed by atoms with Crippen LogP contribution in [0.4, 0.5) is 0 Å². The van der Waals surface area contributed by atoms with Crippen LogP contribution in [0.5, 0.6) is 0 Å². The standard InChI is InChI=1S/C47H84NO9P/c1-3-5-7-9-11-13-15-17-19-20-21-22-23-24-25-26-28-30-32-34-36-38-40-54-41-44(42-55-58(52,53)56-43-45(48)47(50)51)57-46(49)39-37-35-33-31-29-27-18-16-14-12-10-8-6-4-2/h5,7,11,13,16-19,21-22,44-45H,3-4,6,8-10,12,14-15,20,23-43,48H2,1-2H3,(H,50,51)(H,52,53)/b7-5-,13-11-,18-16-,19-17-,22-21-. The number of carboxylic acid groups (broad SMARTS) is 1. The lowest BCUT2D eigenvalue weighted by molar-refractivity contribution is -0.154. The number of carbonyl (C=O) groups excluding carboxylic acids is 1. The molecule has 0 aromatic rings. The Bertz CT molecular complexity index is 1150. The lowest BCUT2D eigenvalue weighted by atomic mass is 10.1. The fourth-order valence-electron chi connectivity index (χ4n) is 6.00. The monoisotopic (exact) mass is 838 g/mol. The molecule has 0 fully saturated rings. The van der Waals surface area contributed by atoms with Crippen LogP contribution in [0, 0.1) is 0 Å². The fraction of sp³-hybridized carbons (Fsp3) is 0.745. The van der Waals surface area contributed by atoms with E-state index in [0.717, 1.165) is 83.5 Å². The van der Waals surface area contributed by atoms with E-state index >= 15 is 0 Å². The van der Waals surface area contributed by atoms with Crippen molar-refractivity contribution in [2.45, 2.75) is 199 Å². The zero-order valence-electron chi connectivity index (χ0n) is 36.6. The van der Waals surface area contributed by atoms with Gasteiger partial charge in [-0.05, 0) is 77.0 Å². The van der Waals surface area contributed by atoms with Crippen molar-refractivity contribution >= 4 is 19.8 Å². The Balaban J connectivity index is 4.20. The Morgan fingerprint density at radius 2 is 1.00 bits per heavy atom. The molecule has 336 valence electrons. The van der Waals surface area contributed by atoms with E-state index in [-0.39, 0.29) is 13.0 Å². The summed E-state index contributed by atoms with van der Waals surface area (Å²) < 4.78 is 33.4. The number of esters is 1. The van der Waals surface area contributed by atoms with Gasteiger partial charge in [0.2, 0.25) is 0 Å². The minimum absolute atomic E-state index is 0.00749. The van der Waals surface area contributed by atoms with E-state index in [0.29, 0.717) is 13.0 Å². The summed E-state index contributed by atoms with van der Waals surface area (Å²) in [5, 5.41) is 8.90. The topological polar surface area (TPSA) is 155 Å². The zero-order valence-corrected chi connectivity index (χ0v) is 37.5. The Kier molecular flexibility index (Phi) is 41.1. The lowest BCUT2D eigenvalue weighted by Gasteiger charge is -2.20. The van der Waals surface area contributed by atoms with Gasteiger partial charge in [-0.1, -0.05) is 164 Å². The van der Waals surface area contributed by atoms with Crippen molar-refractivity contribution in [1.82, 2.24) is 0 Å². The van der Waals surface area contributed by atoms with Gasteiger partial charge < -0.3 is 25.2 Å². The maximum absolute atomic E-state index is 12.6. The van der Waals surface area contributed by atoms with E-state index in [1.807, 2.05) is 0 Å². The highest BCUT2D eigenvalue weighted by Gasteiger charge is 2.27. The number of carboxylic acids is 1. The minimum atomic E-state index is -4.62. The number of aliphatic carboxylic acids is 1. The highest BCUT2D eigenvalue weighted by atomic mass is 31.2. The third kappa shape index (κ3) is 41.8. The highest BCUT2D eigenvalue weighted by Crippen LogP contribution is 2.43. The third-order valence-corrected chi connectivity index (χ3v) is 10.5. The van der Waals surface area contributed by atoms with Gasteiger partial charge in [0.15, 0.2) is 0 Å². The van der Waals surface area contributed by atoms with E-state index in [1.54, 1.807) is 0 Å². The number of rotatable bonds is 43. The van der Waals surface area contributed by atoms with E-state index in [9.17, 15) is 19.0 Å². The molecular weight excluding hydrogens is 753 g/mol. The number of unbranched alkanes of at least 4 members (excludes halogenated alkanes) is 19. The molecule has 4 N–H and O–H groups in total. The van der Waals surface area contributed by atoms with Crippen molar-refractivity contribution in [1.29, 1.82) is 0 Å². The van der Waals surface area contributed by atoms with Crippen LogP contribution < -0.4 is 5.73 Å². The second-order valence-corrected chi connectivity index (χ2v) is 16.6. The fourth-order valence-corrected chi connectivity index (χ4v) is 6.78. The Morgan fingerprint density at radius 3 is 1.52 bits per heavy atom. The summed E-state index contributed by atoms with van der Waals surface area (Å²) in [5.41, 5.74) is 5.36. The summed E-state index contributed by atoms with van der Waals surface area (Å²) in [4.78, 5) is 33.6. The van der Waals surface area contributed by atoms with Gasteiger partial charge in [0, 0.05) is 13.0 Å². The molecule has 0 aromatic carbocycles. The lowest BCUT2D eigenvalue weighted by Crippen LogP contribution is -2.34. The smallest absolute Gasteiger partial charge is 0.472 e. The Labute approximate surface area is 353 Å². The Hall–Kier alpha value is -2.33. The van der Waals surface area contributed by atoms with Crippen molar-refractivity contribution in [3.05, 3.63) is 60.8 Å². The quantitative estimate of drug-likeness (QED) is 0.0234. The third-order valence-electron chi connectivity index (χ3n) is 9.53. The van der Waals surface area contributed by atoms with Crippen LogP contribution in [-0.2, 0) is 32.7 Å². The summed E-state index contributed by atoms with van der Waals surface area (Å²) >= 11 is 0. The van der Waals surface area contributed by atoms with E-state index in [4.69, 9.17) is 29.4 Å². The maximum atomic E-state index is 12.6. The first-order valence-electron chi connectivity index (χ1n) is 22.8. The summed E-state index contributed by atoms with van der Waals surface area (Å²) in [5.74, 6) is -1.79. The number of carbonyl (C=O) groups is 2. The normalized spacial score (nSPS) is 14.4. The zero-order chi connectivity index (χ0) is 42.6. The first-order chi connectivity index (χ1) is 28.2. The van der Waals surface area contributed by atoms with Crippen LogP contribution >= 0.6 is 7.82 Å². The van der Waals surface area contributed by atoms with E-state index in [2.05, 4.69) is 74.6 Å². The maximum Gasteiger partial charge on any atom is 0.472 e. The molecule has 3 unspecified atom stereocenters. The number of allylic oxidation sites excluding steroid dienone is 10. The highest BCUT2D eigenvalue weighted by molar-refractivity contribution is 7.47. The largest absolute Gasteiger partial charge is 0.480 e. The molecule has 0 spiro atoms. The molecule has 0 amide bonds. The van der Waals surface area contributed by atoms with Crippen molar-refractivity contribution in [2.24, 2.45) is 5.73 Å². The Morgan fingerprint density at radius 1 is 0.569 bits per heavy atom. The number of nitrogens with two attached hydrogens (primary N) is 1. The molecule has 0 heterocycles. The van der Waals surface area contributed by atoms with Crippen LogP contribution in [0.15, 0.2) is 60.8 Å². The molecule has 0 bridgehead atoms. The number of hydrogen-bond acceptors (Lipinski definition) is 8. The number of phosphoric acid groups is 1. The number of hydrogen-bond donors (Lipinski definition) is 3. The van der Waals surface area contributed by atoms with Crippen molar-refractivity contribution < 1.29 is 42.7 Å². The molecule has 0 rings (SSSR count). The first kappa shape index (κ1) is 55.7. The van der Waals surface area contributed by atoms with Gasteiger partial charge in [-0.15, -0.1) is 0 Å². The molecule has 10 nitrogen and oxygen atoms in total. The molecular formula is C47H84NO9P. The molecule has 58 heavy (non-hydrogen) atoms. The van der Waals surface area contributed by atoms with Crippen LogP contribution in [-0.4, -0.2) is 60.5 Å². The number of ether oxygens (including phenoxy) is 2. The van der Waals surface area contributed by atoms with Gasteiger partial charge in [-0.2, -0.15) is 0 Å². The summed E-state index contributed by atoms with van der Waals surface area (Å²) in [6, 6.07) is -1.48. The van der Waals surface area contributed by atoms with E-state index < -0.39 is 45.1 Å². The molecule has 3 atom stereocenters. The van der Waals surface area contributed by atoms with Crippen molar-refractivity contribution in [3.8, 4) is 0 Å². The van der Waals surface area contributed by atoms with Crippen LogP contribution in [0.2, 0.25) is 0 Å². The van der Waals surface area contributed by atoms with Gasteiger partial charge in [-0.3, -0.25) is 18.6 Å². The van der Waals surface area contributed by atoms with Crippen LogP contribution in [0.25, 0.3) is 0 Å². The average molecular weight is 838 g/mol. The van der Waals surface area contributed by atoms with E-state index in [1.165, 1.54) is 77.0 Å². The first-order valence-corrected chi connectivity index (χ1v) is 24.3. The van der Waals surface area contributed by atoms with Gasteiger partial charge >= 0.3 is 19.8 Å². The minimum Gasteiger partial charge on any atom is -0.480 e. The second kappa shape index (κ2) is 42.8. The molecule has 0 radical (unpaired) electrons. The molecule has 0 aliphatic rings. The van der Waals surface area contributed by atoms with Crippen molar-refractivity contribution in [2.75, 3.05) is 26.4 Å². The predicted octanol–water partition coefficient (Wildman–Crippen LogP) is 12.8. The van der Waals surface area contributed by atoms with Crippen LogP contribution in [0.3, 0.4) is 0 Å². The average Bonchev–Trinajstić information content (AvgIpc) is 3.20. The van der Waals surface area contributed by atoms with Gasteiger partial charge in [-0.25, -0.2) is 4.57 Å². The molecule has 0 saturated heterocycles. The van der Waals surface area contributed by atoms with Crippen molar-refractivity contribution in [3.63, 3.8) is 0 Å². The molecule has 0 aromatic heterocycles. The second-order valence-electron chi connectivity index (χ2n) is 15.1. The van der Waals surface area contributed by atoms with Gasteiger partial charge in [0.05, 0.1) is 19.8 Å². The molecule has 11 heteroatoms. The predicted molar refractivity (Wildman–Crippen MR) is 240 cm³/mol. The van der Waals surface area contributed by atoms with Gasteiger partial charge in [0.1, 0.15) is 12.1 Å². The summed E-state index contributed by atoms with van der Waals surface area (Å²) in [6.45, 7) is 3.73. The SMILES string of the molecule is CC/C=C\C/C=C\C/C=C\C/C=C\CCCCCCCCCCCOCC(COP(=O)(O)OCC(N)C(=O)O)OC(=O)CCCCCCC/C=C\CCCCCCC. The molecule has 0 aliphatic carbocycles. The summed E-state index contributed by atoms with van der Waals surface area (Å²) in [6.07, 6.45) is 51.3. The van der Waals surface area contributed by atoms with Gasteiger partial charge in [0.25, 0.3) is 0 Å². The molecule has 0 aliphatic heterocycles. The van der Waals surface area contributed by atoms with Crippen LogP contribution in [0.1, 0.15) is 187 Å². The number of phosphoric ester groups is 1. The molecule has 0 saturated carbocycles. The summed E-state index contributed by atoms with van der Waals surface area (Å²) in [7, 11) is -4.62.